The van der Waals surface area contributed by atoms with Crippen LogP contribution >= 0.6 is 0 Å². The number of likely N-dealkylation sites (N-methyl/N-ethyl adjacent to an activating group) is 1. The van der Waals surface area contributed by atoms with Crippen LogP contribution in [-0.2, 0) is 4.74 Å². The lowest BCUT2D eigenvalue weighted by Crippen LogP contribution is -2.37. The Morgan fingerprint density at radius 1 is 1.22 bits per heavy atom. The minimum absolute atomic E-state index is 0.0295. The second-order valence-electron chi connectivity index (χ2n) is 6.79. The number of amides is 1. The number of fused-ring (bicyclic) bond motifs is 1. The lowest BCUT2D eigenvalue weighted by molar-refractivity contribution is 0.0540. The second-order valence-corrected chi connectivity index (χ2v) is 6.79. The molecule has 1 aromatic carbocycles. The molecule has 1 fully saturated rings. The van der Waals surface area contributed by atoms with E-state index in [0.717, 1.165) is 41.6 Å². The summed E-state index contributed by atoms with van der Waals surface area (Å²) in [7, 11) is 0. The zero-order chi connectivity index (χ0) is 18.6. The Bertz CT molecular complexity index is 937. The number of rotatable bonds is 5. The van der Waals surface area contributed by atoms with Crippen LogP contribution in [-0.4, -0.2) is 46.6 Å². The molecule has 0 N–H and O–H groups in total. The normalized spacial score (nSPS) is 16.6. The molecule has 2 aromatic heterocycles. The number of pyridine rings is 2. The van der Waals surface area contributed by atoms with Crippen molar-refractivity contribution in [1.82, 2.24) is 14.9 Å². The van der Waals surface area contributed by atoms with Crippen LogP contribution in [0.5, 0.6) is 0 Å². The fraction of sp³-hybridized carbons (Fsp3) is 0.318. The summed E-state index contributed by atoms with van der Waals surface area (Å²) in [6.07, 6.45) is 5.71. The van der Waals surface area contributed by atoms with E-state index in [2.05, 4.69) is 4.98 Å². The van der Waals surface area contributed by atoms with Gasteiger partial charge < -0.3 is 9.64 Å². The van der Waals surface area contributed by atoms with Gasteiger partial charge in [-0.05, 0) is 44.0 Å². The topological polar surface area (TPSA) is 55.3 Å². The molecule has 0 saturated carbocycles. The van der Waals surface area contributed by atoms with Crippen LogP contribution in [0.25, 0.3) is 22.2 Å². The van der Waals surface area contributed by atoms with Crippen molar-refractivity contribution in [3.05, 3.63) is 60.4 Å². The average Bonchev–Trinajstić information content (AvgIpc) is 3.24. The molecule has 0 radical (unpaired) electrons. The zero-order valence-corrected chi connectivity index (χ0v) is 15.5. The largest absolute Gasteiger partial charge is 0.376 e. The Hall–Kier alpha value is -2.79. The standard InChI is InChI=1S/C22H23N3O2/c1-2-25(15-17-6-5-13-27-17)22(26)19-14-21(16-9-11-23-12-10-16)24-20-8-4-3-7-18(19)20/h3-4,7-12,14,17H,2,5-6,13,15H2,1H3. The number of aromatic nitrogens is 2. The summed E-state index contributed by atoms with van der Waals surface area (Å²) >= 11 is 0. The first-order chi connectivity index (χ1) is 13.3. The molecule has 1 unspecified atom stereocenters. The molecule has 4 rings (SSSR count). The van der Waals surface area contributed by atoms with Gasteiger partial charge in [-0.2, -0.15) is 0 Å². The molecular weight excluding hydrogens is 338 g/mol. The SMILES string of the molecule is CCN(CC1CCCO1)C(=O)c1cc(-c2ccncc2)nc2ccccc12. The molecule has 5 heteroatoms. The van der Waals surface area contributed by atoms with Crippen molar-refractivity contribution in [2.75, 3.05) is 19.7 Å². The van der Waals surface area contributed by atoms with E-state index < -0.39 is 0 Å². The molecule has 27 heavy (non-hydrogen) atoms. The van der Waals surface area contributed by atoms with Crippen molar-refractivity contribution in [2.24, 2.45) is 0 Å². The van der Waals surface area contributed by atoms with Crippen molar-refractivity contribution < 1.29 is 9.53 Å². The first-order valence-electron chi connectivity index (χ1n) is 9.47. The number of carbonyl (C=O) groups excluding carboxylic acids is 1. The maximum absolute atomic E-state index is 13.4. The van der Waals surface area contributed by atoms with Crippen LogP contribution in [0.1, 0.15) is 30.1 Å². The highest BCUT2D eigenvalue weighted by Crippen LogP contribution is 2.26. The van der Waals surface area contributed by atoms with Gasteiger partial charge in [-0.25, -0.2) is 4.98 Å². The number of hydrogen-bond acceptors (Lipinski definition) is 4. The molecule has 138 valence electrons. The molecule has 0 bridgehead atoms. The maximum Gasteiger partial charge on any atom is 0.254 e. The van der Waals surface area contributed by atoms with Crippen molar-refractivity contribution in [2.45, 2.75) is 25.9 Å². The van der Waals surface area contributed by atoms with E-state index in [1.807, 2.05) is 54.3 Å². The summed E-state index contributed by atoms with van der Waals surface area (Å²) in [6, 6.07) is 13.5. The maximum atomic E-state index is 13.4. The molecule has 0 aliphatic carbocycles. The van der Waals surface area contributed by atoms with Crippen molar-refractivity contribution in [3.63, 3.8) is 0 Å². The van der Waals surface area contributed by atoms with E-state index in [-0.39, 0.29) is 12.0 Å². The van der Waals surface area contributed by atoms with Crippen LogP contribution in [0, 0.1) is 0 Å². The first-order valence-corrected chi connectivity index (χ1v) is 9.47. The number of carbonyl (C=O) groups is 1. The van der Waals surface area contributed by atoms with E-state index in [0.29, 0.717) is 18.7 Å². The smallest absolute Gasteiger partial charge is 0.254 e. The number of ether oxygens (including phenoxy) is 1. The van der Waals surface area contributed by atoms with Gasteiger partial charge in [0.05, 0.1) is 22.9 Å². The van der Waals surface area contributed by atoms with Crippen LogP contribution in [0.2, 0.25) is 0 Å². The minimum atomic E-state index is 0.0295. The zero-order valence-electron chi connectivity index (χ0n) is 15.5. The fourth-order valence-electron chi connectivity index (χ4n) is 3.58. The number of para-hydroxylation sites is 1. The van der Waals surface area contributed by atoms with E-state index >= 15 is 0 Å². The molecule has 1 aliphatic rings. The van der Waals surface area contributed by atoms with Crippen LogP contribution in [0.4, 0.5) is 0 Å². The quantitative estimate of drug-likeness (QED) is 0.691. The summed E-state index contributed by atoms with van der Waals surface area (Å²) in [5.41, 5.74) is 3.25. The monoisotopic (exact) mass is 361 g/mol. The van der Waals surface area contributed by atoms with Crippen molar-refractivity contribution >= 4 is 16.8 Å². The lowest BCUT2D eigenvalue weighted by atomic mass is 10.0. The predicted molar refractivity (Wildman–Crippen MR) is 106 cm³/mol. The lowest BCUT2D eigenvalue weighted by Gasteiger charge is -2.25. The minimum Gasteiger partial charge on any atom is -0.376 e. The van der Waals surface area contributed by atoms with Gasteiger partial charge in [0, 0.05) is 43.0 Å². The molecular formula is C22H23N3O2. The highest BCUT2D eigenvalue weighted by Gasteiger charge is 2.24. The van der Waals surface area contributed by atoms with Gasteiger partial charge in [0.1, 0.15) is 0 Å². The molecule has 3 aromatic rings. The first kappa shape index (κ1) is 17.6. The summed E-state index contributed by atoms with van der Waals surface area (Å²) < 4.78 is 5.74. The Balaban J connectivity index is 1.75. The molecule has 1 aliphatic heterocycles. The van der Waals surface area contributed by atoms with E-state index in [1.54, 1.807) is 12.4 Å². The predicted octanol–water partition coefficient (Wildman–Crippen LogP) is 3.94. The summed E-state index contributed by atoms with van der Waals surface area (Å²) in [5.74, 6) is 0.0295. The Kier molecular flexibility index (Phi) is 5.12. The fourth-order valence-corrected chi connectivity index (χ4v) is 3.58. The van der Waals surface area contributed by atoms with E-state index in [9.17, 15) is 4.79 Å². The van der Waals surface area contributed by atoms with Gasteiger partial charge in [-0.15, -0.1) is 0 Å². The molecule has 1 saturated heterocycles. The van der Waals surface area contributed by atoms with Crippen LogP contribution in [0.3, 0.4) is 0 Å². The second kappa shape index (κ2) is 7.84. The van der Waals surface area contributed by atoms with Crippen molar-refractivity contribution in [3.8, 4) is 11.3 Å². The van der Waals surface area contributed by atoms with Gasteiger partial charge in [0.2, 0.25) is 0 Å². The van der Waals surface area contributed by atoms with Crippen molar-refractivity contribution in [1.29, 1.82) is 0 Å². The van der Waals surface area contributed by atoms with Crippen LogP contribution < -0.4 is 0 Å². The molecule has 0 spiro atoms. The number of benzene rings is 1. The Morgan fingerprint density at radius 3 is 2.78 bits per heavy atom. The third-order valence-electron chi connectivity index (χ3n) is 5.04. The van der Waals surface area contributed by atoms with Crippen LogP contribution in [0.15, 0.2) is 54.9 Å². The van der Waals surface area contributed by atoms with Gasteiger partial charge in [-0.1, -0.05) is 18.2 Å². The Labute approximate surface area is 159 Å². The number of nitrogens with zero attached hydrogens (tertiary/aromatic N) is 3. The third kappa shape index (κ3) is 3.69. The highest BCUT2D eigenvalue weighted by molar-refractivity contribution is 6.07. The van der Waals surface area contributed by atoms with Gasteiger partial charge >= 0.3 is 0 Å². The molecule has 3 heterocycles. The highest BCUT2D eigenvalue weighted by atomic mass is 16.5. The molecule has 5 nitrogen and oxygen atoms in total. The number of hydrogen-bond donors (Lipinski definition) is 0. The third-order valence-corrected chi connectivity index (χ3v) is 5.04. The van der Waals surface area contributed by atoms with Gasteiger partial charge in [-0.3, -0.25) is 9.78 Å². The summed E-state index contributed by atoms with van der Waals surface area (Å²) in [6.45, 7) is 4.09. The summed E-state index contributed by atoms with van der Waals surface area (Å²) in [5, 5.41) is 0.881. The van der Waals surface area contributed by atoms with Gasteiger partial charge in [0.25, 0.3) is 5.91 Å². The van der Waals surface area contributed by atoms with E-state index in [1.165, 1.54) is 0 Å². The molecule has 1 atom stereocenters. The van der Waals surface area contributed by atoms with E-state index in [4.69, 9.17) is 9.72 Å². The van der Waals surface area contributed by atoms with Gasteiger partial charge in [0.15, 0.2) is 0 Å². The summed E-state index contributed by atoms with van der Waals surface area (Å²) in [4.78, 5) is 24.1. The Morgan fingerprint density at radius 2 is 2.04 bits per heavy atom. The average molecular weight is 361 g/mol. The molecule has 1 amide bonds.